The molecule has 0 bridgehead atoms. The second-order valence-electron chi connectivity index (χ2n) is 5.49. The predicted octanol–water partition coefficient (Wildman–Crippen LogP) is -0.388. The number of benzene rings is 1. The highest BCUT2D eigenvalue weighted by Gasteiger charge is 2.32. The van der Waals surface area contributed by atoms with Gasteiger partial charge in [-0.1, -0.05) is 30.3 Å². The van der Waals surface area contributed by atoms with E-state index in [1.807, 2.05) is 0 Å². The summed E-state index contributed by atoms with van der Waals surface area (Å²) >= 11 is 0. The first-order valence-corrected chi connectivity index (χ1v) is 7.59. The lowest BCUT2D eigenvalue weighted by Gasteiger charge is -2.24. The normalized spacial score (nSPS) is 15.4. The lowest BCUT2D eigenvalue weighted by Crippen LogP contribution is -2.57. The van der Waals surface area contributed by atoms with Crippen LogP contribution in [0.3, 0.4) is 0 Å². The fourth-order valence-electron chi connectivity index (χ4n) is 1.93. The van der Waals surface area contributed by atoms with E-state index in [1.165, 1.54) is 13.8 Å². The number of aliphatic carboxylic acids is 1. The molecule has 0 aliphatic carbocycles. The Morgan fingerprint density at radius 1 is 1.00 bits per heavy atom. The van der Waals surface area contributed by atoms with E-state index in [-0.39, 0.29) is 6.61 Å². The van der Waals surface area contributed by atoms with E-state index in [1.54, 1.807) is 30.3 Å². The van der Waals surface area contributed by atoms with Gasteiger partial charge in [-0.05, 0) is 19.4 Å². The van der Waals surface area contributed by atoms with Gasteiger partial charge in [0.25, 0.3) is 0 Å². The summed E-state index contributed by atoms with van der Waals surface area (Å²) in [7, 11) is 0. The average molecular weight is 354 g/mol. The Labute approximate surface area is 144 Å². The highest BCUT2D eigenvalue weighted by molar-refractivity contribution is 5.89. The molecular formula is C16H22N2O7. The minimum absolute atomic E-state index is 0.0355. The first-order chi connectivity index (χ1) is 11.7. The van der Waals surface area contributed by atoms with Crippen LogP contribution < -0.4 is 10.6 Å². The highest BCUT2D eigenvalue weighted by atomic mass is 16.5. The fourth-order valence-corrected chi connectivity index (χ4v) is 1.93. The first kappa shape index (κ1) is 20.4. The number of carboxylic acid groups (broad SMARTS) is 1. The average Bonchev–Trinajstić information content (AvgIpc) is 2.55. The van der Waals surface area contributed by atoms with Crippen molar-refractivity contribution < 1.29 is 34.4 Å². The van der Waals surface area contributed by atoms with Gasteiger partial charge in [0.15, 0.2) is 6.04 Å². The van der Waals surface area contributed by atoms with Crippen molar-refractivity contribution >= 4 is 18.0 Å². The largest absolute Gasteiger partial charge is 0.480 e. The molecule has 9 nitrogen and oxygen atoms in total. The third-order valence-corrected chi connectivity index (χ3v) is 3.30. The molecule has 2 amide bonds. The maximum absolute atomic E-state index is 12.1. The van der Waals surface area contributed by atoms with E-state index < -0.39 is 42.3 Å². The molecule has 4 atom stereocenters. The number of carbonyl (C=O) groups excluding carboxylic acids is 2. The molecule has 5 N–H and O–H groups in total. The first-order valence-electron chi connectivity index (χ1n) is 7.59. The zero-order valence-corrected chi connectivity index (χ0v) is 13.9. The van der Waals surface area contributed by atoms with Crippen molar-refractivity contribution in [1.82, 2.24) is 10.6 Å². The molecule has 0 fully saturated rings. The fraction of sp³-hybridized carbons (Fsp3) is 0.438. The lowest BCUT2D eigenvalue weighted by atomic mass is 10.1. The number of aliphatic hydroxyl groups is 2. The molecule has 0 aliphatic rings. The van der Waals surface area contributed by atoms with Gasteiger partial charge in [0.2, 0.25) is 5.91 Å². The molecule has 1 aromatic carbocycles. The Morgan fingerprint density at radius 2 is 1.56 bits per heavy atom. The van der Waals surface area contributed by atoms with Crippen molar-refractivity contribution in [3.8, 4) is 0 Å². The zero-order valence-electron chi connectivity index (χ0n) is 13.9. The van der Waals surface area contributed by atoms with Crippen LogP contribution in [0.1, 0.15) is 19.4 Å². The van der Waals surface area contributed by atoms with E-state index in [0.29, 0.717) is 0 Å². The van der Waals surface area contributed by atoms with Gasteiger partial charge in [-0.2, -0.15) is 0 Å². The van der Waals surface area contributed by atoms with Gasteiger partial charge >= 0.3 is 12.1 Å². The van der Waals surface area contributed by atoms with Gasteiger partial charge in [-0.25, -0.2) is 9.59 Å². The molecule has 1 aromatic rings. The Morgan fingerprint density at radius 3 is 2.04 bits per heavy atom. The quantitative estimate of drug-likeness (QED) is 0.427. The smallest absolute Gasteiger partial charge is 0.408 e. The van der Waals surface area contributed by atoms with Gasteiger partial charge in [0.1, 0.15) is 12.6 Å². The van der Waals surface area contributed by atoms with E-state index in [0.717, 1.165) is 5.56 Å². The number of nitrogens with one attached hydrogen (secondary N) is 2. The molecule has 138 valence electrons. The van der Waals surface area contributed by atoms with E-state index >= 15 is 0 Å². The Kier molecular flexibility index (Phi) is 7.83. The topological polar surface area (TPSA) is 145 Å². The van der Waals surface area contributed by atoms with Crippen LogP contribution in [0.25, 0.3) is 0 Å². The van der Waals surface area contributed by atoms with Crippen molar-refractivity contribution in [3.05, 3.63) is 35.9 Å². The summed E-state index contributed by atoms with van der Waals surface area (Å²) in [6.45, 7) is 2.41. The predicted molar refractivity (Wildman–Crippen MR) is 86.5 cm³/mol. The molecule has 0 aromatic heterocycles. The third-order valence-electron chi connectivity index (χ3n) is 3.30. The van der Waals surface area contributed by atoms with Gasteiger partial charge in [0.05, 0.1) is 12.2 Å². The number of hydrogen-bond acceptors (Lipinski definition) is 6. The maximum atomic E-state index is 12.1. The van der Waals surface area contributed by atoms with Gasteiger partial charge in [-0.3, -0.25) is 4.79 Å². The number of carbonyl (C=O) groups is 3. The molecule has 0 saturated carbocycles. The molecule has 0 spiro atoms. The van der Waals surface area contributed by atoms with Crippen molar-refractivity contribution in [2.45, 2.75) is 44.7 Å². The number of hydrogen-bond donors (Lipinski definition) is 5. The summed E-state index contributed by atoms with van der Waals surface area (Å²) < 4.78 is 4.95. The molecule has 0 unspecified atom stereocenters. The molecule has 0 saturated heterocycles. The van der Waals surface area contributed by atoms with Crippen molar-refractivity contribution in [3.63, 3.8) is 0 Å². The number of ether oxygens (including phenoxy) is 1. The van der Waals surface area contributed by atoms with Crippen LogP contribution in [-0.4, -0.2) is 57.6 Å². The highest BCUT2D eigenvalue weighted by Crippen LogP contribution is 2.02. The SMILES string of the molecule is C[C@H](O)[C@H](NC(=O)[C@H](NC(=O)OCc1ccccc1)[C@H](C)O)C(=O)O. The molecule has 0 heterocycles. The molecule has 0 radical (unpaired) electrons. The number of aliphatic hydroxyl groups excluding tert-OH is 2. The monoisotopic (exact) mass is 354 g/mol. The summed E-state index contributed by atoms with van der Waals surface area (Å²) in [5.41, 5.74) is 0.732. The Hall–Kier alpha value is -2.65. The van der Waals surface area contributed by atoms with Gasteiger partial charge in [0, 0.05) is 0 Å². The zero-order chi connectivity index (χ0) is 19.0. The Balaban J connectivity index is 2.64. The maximum Gasteiger partial charge on any atom is 0.408 e. The second kappa shape index (κ2) is 9.60. The number of carboxylic acids is 1. The van der Waals surface area contributed by atoms with Crippen LogP contribution in [0.4, 0.5) is 4.79 Å². The van der Waals surface area contributed by atoms with Gasteiger partial charge < -0.3 is 30.7 Å². The summed E-state index contributed by atoms with van der Waals surface area (Å²) in [5, 5.41) is 32.2. The van der Waals surface area contributed by atoms with Crippen molar-refractivity contribution in [2.75, 3.05) is 0 Å². The summed E-state index contributed by atoms with van der Waals surface area (Å²) in [4.78, 5) is 34.9. The van der Waals surface area contributed by atoms with Crippen LogP contribution >= 0.6 is 0 Å². The molecule has 25 heavy (non-hydrogen) atoms. The minimum Gasteiger partial charge on any atom is -0.480 e. The summed E-state index contributed by atoms with van der Waals surface area (Å²) in [6.07, 6.45) is -3.62. The molecule has 0 aliphatic heterocycles. The van der Waals surface area contributed by atoms with Crippen LogP contribution in [-0.2, 0) is 20.9 Å². The number of rotatable bonds is 8. The van der Waals surface area contributed by atoms with Crippen LogP contribution in [0.5, 0.6) is 0 Å². The minimum atomic E-state index is -1.57. The molecule has 9 heteroatoms. The third kappa shape index (κ3) is 6.77. The van der Waals surface area contributed by atoms with E-state index in [9.17, 15) is 24.6 Å². The Bertz CT molecular complexity index is 589. The summed E-state index contributed by atoms with van der Waals surface area (Å²) in [5.74, 6) is -2.40. The molecular weight excluding hydrogens is 332 g/mol. The summed E-state index contributed by atoms with van der Waals surface area (Å²) in [6, 6.07) is 5.81. The van der Waals surface area contributed by atoms with Gasteiger partial charge in [-0.15, -0.1) is 0 Å². The van der Waals surface area contributed by atoms with Crippen LogP contribution in [0, 0.1) is 0 Å². The van der Waals surface area contributed by atoms with Crippen LogP contribution in [0.2, 0.25) is 0 Å². The van der Waals surface area contributed by atoms with E-state index in [4.69, 9.17) is 9.84 Å². The van der Waals surface area contributed by atoms with Crippen molar-refractivity contribution in [2.24, 2.45) is 0 Å². The number of alkyl carbamates (subject to hydrolysis) is 1. The van der Waals surface area contributed by atoms with Crippen LogP contribution in [0.15, 0.2) is 30.3 Å². The lowest BCUT2D eigenvalue weighted by molar-refractivity contribution is -0.145. The second-order valence-corrected chi connectivity index (χ2v) is 5.49. The molecule has 1 rings (SSSR count). The van der Waals surface area contributed by atoms with E-state index in [2.05, 4.69) is 10.6 Å². The number of amides is 2. The van der Waals surface area contributed by atoms with Crippen molar-refractivity contribution in [1.29, 1.82) is 0 Å². The standard InChI is InChI=1S/C16H22N2O7/c1-9(19)12(14(21)17-13(10(2)20)15(22)23)18-16(24)25-8-11-6-4-3-5-7-11/h3-7,9-10,12-13,19-20H,8H2,1-2H3,(H,17,21)(H,18,24)(H,22,23)/t9-,10-,12+,13-/m0/s1.